The quantitative estimate of drug-likeness (QED) is 0.373. The van der Waals surface area contributed by atoms with E-state index in [4.69, 9.17) is 16.3 Å². The van der Waals surface area contributed by atoms with E-state index in [0.29, 0.717) is 5.02 Å². The molecule has 0 atom stereocenters. The summed E-state index contributed by atoms with van der Waals surface area (Å²) in [6, 6.07) is 13.0. The zero-order chi connectivity index (χ0) is 26.3. The fourth-order valence-electron chi connectivity index (χ4n) is 3.15. The van der Waals surface area contributed by atoms with Gasteiger partial charge in [0, 0.05) is 44.0 Å². The maximum atomic E-state index is 13.1. The number of pyridine rings is 1. The highest BCUT2D eigenvalue weighted by Gasteiger charge is 2.26. The van der Waals surface area contributed by atoms with Crippen LogP contribution in [-0.2, 0) is 31.4 Å². The Morgan fingerprint density at radius 2 is 1.75 bits per heavy atom. The molecule has 3 rings (SSSR count). The normalized spacial score (nSPS) is 11.6. The maximum Gasteiger partial charge on any atom is 0.264 e. The van der Waals surface area contributed by atoms with Crippen molar-refractivity contribution in [1.82, 2.24) is 15.0 Å². The third-order valence-electron chi connectivity index (χ3n) is 5.13. The van der Waals surface area contributed by atoms with Gasteiger partial charge in [0.1, 0.15) is 5.75 Å². The third kappa shape index (κ3) is 6.72. The van der Waals surface area contributed by atoms with E-state index in [-0.39, 0.29) is 46.6 Å². The van der Waals surface area contributed by atoms with Gasteiger partial charge in [0.15, 0.2) is 0 Å². The van der Waals surface area contributed by atoms with Crippen molar-refractivity contribution in [3.63, 3.8) is 0 Å². The van der Waals surface area contributed by atoms with E-state index in [2.05, 4.69) is 15.0 Å². The molecular weight excluding hydrogens is 528 g/mol. The average Bonchev–Trinajstić information content (AvgIpc) is 2.87. The molecule has 0 unspecified atom stereocenters. The molecule has 10 nitrogen and oxygen atoms in total. The number of sulfonamides is 2. The second-order valence-electron chi connectivity index (χ2n) is 7.55. The van der Waals surface area contributed by atoms with Crippen LogP contribution in [0.2, 0.25) is 5.02 Å². The average molecular weight is 553 g/mol. The van der Waals surface area contributed by atoms with Gasteiger partial charge in [-0.05, 0) is 54.1 Å². The van der Waals surface area contributed by atoms with Crippen molar-refractivity contribution in [1.29, 1.82) is 0 Å². The van der Waals surface area contributed by atoms with Crippen LogP contribution >= 0.6 is 11.6 Å². The van der Waals surface area contributed by atoms with E-state index >= 15 is 0 Å². The molecule has 0 aliphatic rings. The minimum Gasteiger partial charge on any atom is -0.495 e. The summed E-state index contributed by atoms with van der Waals surface area (Å²) in [4.78, 5) is 15.8. The minimum atomic E-state index is -4.05. The van der Waals surface area contributed by atoms with Crippen molar-refractivity contribution in [2.24, 2.45) is 0 Å². The van der Waals surface area contributed by atoms with Gasteiger partial charge < -0.3 is 10.1 Å². The fraction of sp³-hybridized carbons (Fsp3) is 0.217. The van der Waals surface area contributed by atoms with E-state index in [0.717, 1.165) is 9.87 Å². The highest BCUT2D eigenvalue weighted by atomic mass is 35.5. The van der Waals surface area contributed by atoms with E-state index in [1.165, 1.54) is 56.6 Å². The zero-order valence-corrected chi connectivity index (χ0v) is 21.9. The predicted molar refractivity (Wildman–Crippen MR) is 136 cm³/mol. The van der Waals surface area contributed by atoms with Gasteiger partial charge in [0.05, 0.1) is 22.6 Å². The summed E-state index contributed by atoms with van der Waals surface area (Å²) in [5.41, 5.74) is 0.833. The van der Waals surface area contributed by atoms with Gasteiger partial charge in [0.2, 0.25) is 15.9 Å². The highest BCUT2D eigenvalue weighted by molar-refractivity contribution is 7.92. The van der Waals surface area contributed by atoms with Crippen LogP contribution in [0.25, 0.3) is 0 Å². The fourth-order valence-corrected chi connectivity index (χ4v) is 5.53. The number of anilines is 1. The molecular formula is C23H25ClN4O6S2. The van der Waals surface area contributed by atoms with E-state index in [1.54, 1.807) is 24.5 Å². The number of ether oxygens (including phenoxy) is 1. The lowest BCUT2D eigenvalue weighted by atomic mass is 10.3. The predicted octanol–water partition coefficient (Wildman–Crippen LogP) is 2.55. The first-order chi connectivity index (χ1) is 17.0. The lowest BCUT2D eigenvalue weighted by molar-refractivity contribution is -0.121. The van der Waals surface area contributed by atoms with Gasteiger partial charge in [-0.15, -0.1) is 0 Å². The Morgan fingerprint density at radius 3 is 2.39 bits per heavy atom. The number of hydrogen-bond acceptors (Lipinski definition) is 7. The molecule has 0 spiro atoms. The van der Waals surface area contributed by atoms with E-state index in [9.17, 15) is 21.6 Å². The molecule has 1 aromatic heterocycles. The SMILES string of the molecule is COc1ccc(S(=O)(=O)NCCC(=O)NCc2cccnc2)cc1N(C)S(=O)(=O)c1ccc(Cl)cc1. The number of nitrogens with zero attached hydrogens (tertiary/aromatic N) is 2. The number of carbonyl (C=O) groups is 1. The topological polar surface area (TPSA) is 135 Å². The summed E-state index contributed by atoms with van der Waals surface area (Å²) in [5.74, 6) is -0.186. The molecule has 192 valence electrons. The van der Waals surface area contributed by atoms with Crippen molar-refractivity contribution in [3.05, 3.63) is 77.6 Å². The summed E-state index contributed by atoms with van der Waals surface area (Å²) >= 11 is 5.85. The molecule has 0 bridgehead atoms. The highest BCUT2D eigenvalue weighted by Crippen LogP contribution is 2.33. The van der Waals surface area contributed by atoms with E-state index in [1.807, 2.05) is 0 Å². The molecule has 36 heavy (non-hydrogen) atoms. The molecule has 1 heterocycles. The van der Waals surface area contributed by atoms with Crippen LogP contribution < -0.4 is 19.1 Å². The Kier molecular flexibility index (Phi) is 8.90. The molecule has 0 saturated carbocycles. The summed E-state index contributed by atoms with van der Waals surface area (Å²) in [7, 11) is -5.46. The third-order valence-corrected chi connectivity index (χ3v) is 8.62. The second kappa shape index (κ2) is 11.7. The van der Waals surface area contributed by atoms with Crippen LogP contribution in [0, 0.1) is 0 Å². The number of hydrogen-bond donors (Lipinski definition) is 2. The molecule has 0 aliphatic carbocycles. The smallest absolute Gasteiger partial charge is 0.264 e. The van der Waals surface area contributed by atoms with Crippen LogP contribution in [-0.4, -0.2) is 48.4 Å². The van der Waals surface area contributed by atoms with Gasteiger partial charge in [-0.25, -0.2) is 21.6 Å². The first kappa shape index (κ1) is 27.4. The molecule has 0 saturated heterocycles. The molecule has 0 aliphatic heterocycles. The number of benzene rings is 2. The number of carbonyl (C=O) groups excluding carboxylic acids is 1. The number of methoxy groups -OCH3 is 1. The van der Waals surface area contributed by atoms with Crippen LogP contribution in [0.15, 0.2) is 76.8 Å². The molecule has 13 heteroatoms. The number of amides is 1. The number of aromatic nitrogens is 1. The van der Waals surface area contributed by atoms with Gasteiger partial charge in [-0.2, -0.15) is 0 Å². The molecule has 2 aromatic carbocycles. The Labute approximate surface area is 215 Å². The largest absolute Gasteiger partial charge is 0.495 e. The van der Waals surface area contributed by atoms with Crippen LogP contribution in [0.1, 0.15) is 12.0 Å². The van der Waals surface area contributed by atoms with Crippen molar-refractivity contribution in [3.8, 4) is 5.75 Å². The standard InChI is InChI=1S/C23H25ClN4O6S2/c1-28(36(32,33)19-7-5-18(24)6-8-19)21-14-20(9-10-22(21)34-2)35(30,31)27-13-11-23(29)26-16-17-4-3-12-25-15-17/h3-10,12,14-15,27H,11,13,16H2,1-2H3,(H,26,29). The van der Waals surface area contributed by atoms with Crippen molar-refractivity contribution in [2.45, 2.75) is 22.8 Å². The molecule has 0 radical (unpaired) electrons. The second-order valence-corrected chi connectivity index (χ2v) is 11.7. The molecule has 2 N–H and O–H groups in total. The first-order valence-electron chi connectivity index (χ1n) is 10.6. The summed E-state index contributed by atoms with van der Waals surface area (Å²) in [5, 5.41) is 3.06. The van der Waals surface area contributed by atoms with Gasteiger partial charge in [0.25, 0.3) is 10.0 Å². The van der Waals surface area contributed by atoms with E-state index < -0.39 is 20.0 Å². The molecule has 3 aromatic rings. The van der Waals surface area contributed by atoms with Crippen molar-refractivity contribution in [2.75, 3.05) is 25.0 Å². The number of halogens is 1. The monoisotopic (exact) mass is 552 g/mol. The molecule has 1 amide bonds. The molecule has 0 fully saturated rings. The van der Waals surface area contributed by atoms with Crippen molar-refractivity contribution >= 4 is 43.2 Å². The Morgan fingerprint density at radius 1 is 1.06 bits per heavy atom. The zero-order valence-electron chi connectivity index (χ0n) is 19.5. The lowest BCUT2D eigenvalue weighted by Crippen LogP contribution is -2.31. The number of nitrogens with one attached hydrogen (secondary N) is 2. The van der Waals surface area contributed by atoms with Crippen LogP contribution in [0.5, 0.6) is 5.75 Å². The number of rotatable bonds is 11. The summed E-state index contributed by atoms with van der Waals surface area (Å²) in [6.45, 7) is 0.122. The Hall–Kier alpha value is -3.19. The Bertz CT molecular complexity index is 1420. The maximum absolute atomic E-state index is 13.1. The first-order valence-corrected chi connectivity index (χ1v) is 13.9. The Balaban J connectivity index is 1.72. The summed E-state index contributed by atoms with van der Waals surface area (Å²) in [6.07, 6.45) is 3.15. The van der Waals surface area contributed by atoms with Crippen molar-refractivity contribution < 1.29 is 26.4 Å². The minimum absolute atomic E-state index is 0.0181. The lowest BCUT2D eigenvalue weighted by Gasteiger charge is -2.22. The van der Waals surface area contributed by atoms with Gasteiger partial charge >= 0.3 is 0 Å². The van der Waals surface area contributed by atoms with Crippen LogP contribution in [0.4, 0.5) is 5.69 Å². The van der Waals surface area contributed by atoms with Gasteiger partial charge in [-0.3, -0.25) is 14.1 Å². The van der Waals surface area contributed by atoms with Crippen LogP contribution in [0.3, 0.4) is 0 Å². The summed E-state index contributed by atoms with van der Waals surface area (Å²) < 4.78 is 60.4. The van der Waals surface area contributed by atoms with Gasteiger partial charge in [-0.1, -0.05) is 17.7 Å².